The number of rotatable bonds is 8. The summed E-state index contributed by atoms with van der Waals surface area (Å²) in [6.45, 7) is 6.13. The van der Waals surface area contributed by atoms with Crippen LogP contribution in [0.1, 0.15) is 20.3 Å². The van der Waals surface area contributed by atoms with E-state index in [1.807, 2.05) is 0 Å². The second kappa shape index (κ2) is 11.1. The molecule has 0 fully saturated rings. The van der Waals surface area contributed by atoms with Gasteiger partial charge in [-0.25, -0.2) is 0 Å². The zero-order valence-electron chi connectivity index (χ0n) is 12.1. The van der Waals surface area contributed by atoms with Crippen LogP contribution in [0.15, 0.2) is 22.7 Å². The molecule has 21 heavy (non-hydrogen) atoms. The van der Waals surface area contributed by atoms with E-state index in [0.717, 1.165) is 24.0 Å². The number of benzene rings is 1. The van der Waals surface area contributed by atoms with Crippen molar-refractivity contribution in [1.82, 2.24) is 10.6 Å². The third-order valence-electron chi connectivity index (χ3n) is 2.59. The second-order valence-corrected chi connectivity index (χ2v) is 5.67. The number of carbonyl (C=O) groups excluding carboxylic acids is 1. The van der Waals surface area contributed by atoms with Crippen molar-refractivity contribution in [3.05, 3.63) is 27.7 Å². The Labute approximate surface area is 145 Å². The van der Waals surface area contributed by atoms with Crippen LogP contribution in [-0.4, -0.2) is 31.6 Å². The van der Waals surface area contributed by atoms with Gasteiger partial charge in [-0.1, -0.05) is 18.5 Å². The first-order valence-electron chi connectivity index (χ1n) is 6.64. The van der Waals surface area contributed by atoms with Gasteiger partial charge in [0.15, 0.2) is 6.10 Å². The first kappa shape index (κ1) is 20.5. The lowest BCUT2D eigenvalue weighted by atomic mass is 10.3. The highest BCUT2D eigenvalue weighted by atomic mass is 79.9. The van der Waals surface area contributed by atoms with Gasteiger partial charge in [0.05, 0.1) is 4.47 Å². The van der Waals surface area contributed by atoms with Gasteiger partial charge >= 0.3 is 0 Å². The Morgan fingerprint density at radius 2 is 2.10 bits per heavy atom. The topological polar surface area (TPSA) is 50.4 Å². The Bertz CT molecular complexity index is 447. The first-order valence-corrected chi connectivity index (χ1v) is 7.81. The number of ether oxygens (including phenoxy) is 1. The van der Waals surface area contributed by atoms with Crippen molar-refractivity contribution >= 4 is 45.8 Å². The molecule has 4 nitrogen and oxygen atoms in total. The predicted molar refractivity (Wildman–Crippen MR) is 92.7 cm³/mol. The average molecular weight is 400 g/mol. The van der Waals surface area contributed by atoms with Crippen molar-refractivity contribution in [2.45, 2.75) is 26.4 Å². The molecule has 1 amide bonds. The molecule has 0 saturated carbocycles. The van der Waals surface area contributed by atoms with Gasteiger partial charge in [-0.15, -0.1) is 12.4 Å². The quantitative estimate of drug-likeness (QED) is 0.658. The van der Waals surface area contributed by atoms with E-state index < -0.39 is 6.10 Å². The van der Waals surface area contributed by atoms with Crippen molar-refractivity contribution in [2.24, 2.45) is 0 Å². The van der Waals surface area contributed by atoms with Crippen LogP contribution in [0, 0.1) is 0 Å². The summed E-state index contributed by atoms with van der Waals surface area (Å²) in [5.74, 6) is 0.464. The smallest absolute Gasteiger partial charge is 0.260 e. The number of amides is 1. The molecule has 120 valence electrons. The van der Waals surface area contributed by atoms with E-state index in [4.69, 9.17) is 16.3 Å². The molecule has 0 spiro atoms. The minimum Gasteiger partial charge on any atom is -0.480 e. The Balaban J connectivity index is 0.00000400. The van der Waals surface area contributed by atoms with Gasteiger partial charge < -0.3 is 15.4 Å². The van der Waals surface area contributed by atoms with E-state index in [1.54, 1.807) is 25.1 Å². The molecule has 0 saturated heterocycles. The lowest BCUT2D eigenvalue weighted by Gasteiger charge is -2.16. The SMILES string of the molecule is CCCNCCNC(=O)C(C)Oc1ccc(Cl)cc1Br.Cl. The van der Waals surface area contributed by atoms with Gasteiger partial charge in [-0.2, -0.15) is 0 Å². The Morgan fingerprint density at radius 3 is 2.71 bits per heavy atom. The van der Waals surface area contributed by atoms with E-state index >= 15 is 0 Å². The average Bonchev–Trinajstić information content (AvgIpc) is 2.41. The fourth-order valence-electron chi connectivity index (χ4n) is 1.53. The van der Waals surface area contributed by atoms with Crippen LogP contribution >= 0.6 is 39.9 Å². The molecule has 0 aliphatic heterocycles. The number of hydrogen-bond donors (Lipinski definition) is 2. The molecular weight excluding hydrogens is 379 g/mol. The summed E-state index contributed by atoms with van der Waals surface area (Å²) in [6.07, 6.45) is 0.525. The van der Waals surface area contributed by atoms with Crippen LogP contribution in [0.4, 0.5) is 0 Å². The van der Waals surface area contributed by atoms with Gasteiger partial charge in [-0.3, -0.25) is 4.79 Å². The molecule has 0 aromatic heterocycles. The number of carbonyl (C=O) groups is 1. The van der Waals surface area contributed by atoms with Crippen LogP contribution in [0.25, 0.3) is 0 Å². The zero-order valence-corrected chi connectivity index (χ0v) is 15.3. The minimum atomic E-state index is -0.557. The first-order chi connectivity index (χ1) is 9.54. The Morgan fingerprint density at radius 1 is 1.38 bits per heavy atom. The highest BCUT2D eigenvalue weighted by molar-refractivity contribution is 9.10. The maximum absolute atomic E-state index is 11.9. The normalized spacial score (nSPS) is 11.4. The standard InChI is InChI=1S/C14H20BrClN2O2.ClH/c1-3-6-17-7-8-18-14(19)10(2)20-13-5-4-11(16)9-12(13)15;/h4-5,9-10,17H,3,6-8H2,1-2H3,(H,18,19);1H. The molecule has 0 aliphatic rings. The Hall–Kier alpha value is -0.490. The summed E-state index contributed by atoms with van der Waals surface area (Å²) >= 11 is 9.21. The van der Waals surface area contributed by atoms with E-state index in [9.17, 15) is 4.79 Å². The summed E-state index contributed by atoms with van der Waals surface area (Å²) in [4.78, 5) is 11.9. The second-order valence-electron chi connectivity index (χ2n) is 4.38. The van der Waals surface area contributed by atoms with Gasteiger partial charge in [0.2, 0.25) is 0 Å². The van der Waals surface area contributed by atoms with Crippen LogP contribution in [0.2, 0.25) is 5.02 Å². The zero-order chi connectivity index (χ0) is 15.0. The molecule has 1 unspecified atom stereocenters. The monoisotopic (exact) mass is 398 g/mol. The van der Waals surface area contributed by atoms with Gasteiger partial charge in [0, 0.05) is 18.1 Å². The van der Waals surface area contributed by atoms with E-state index in [-0.39, 0.29) is 18.3 Å². The van der Waals surface area contributed by atoms with Gasteiger partial charge in [0.25, 0.3) is 5.91 Å². The highest BCUT2D eigenvalue weighted by Crippen LogP contribution is 2.28. The van der Waals surface area contributed by atoms with Crippen LogP contribution in [0.3, 0.4) is 0 Å². The van der Waals surface area contributed by atoms with Crippen molar-refractivity contribution in [3.63, 3.8) is 0 Å². The van der Waals surface area contributed by atoms with Crippen molar-refractivity contribution in [3.8, 4) is 5.75 Å². The molecule has 0 heterocycles. The summed E-state index contributed by atoms with van der Waals surface area (Å²) in [7, 11) is 0. The third kappa shape index (κ3) is 7.90. The molecule has 0 aliphatic carbocycles. The van der Waals surface area contributed by atoms with Crippen LogP contribution in [-0.2, 0) is 4.79 Å². The van der Waals surface area contributed by atoms with Crippen LogP contribution in [0.5, 0.6) is 5.75 Å². The number of nitrogens with one attached hydrogen (secondary N) is 2. The summed E-state index contributed by atoms with van der Waals surface area (Å²) in [6, 6.07) is 5.19. The molecule has 1 aromatic carbocycles. The highest BCUT2D eigenvalue weighted by Gasteiger charge is 2.15. The van der Waals surface area contributed by atoms with Gasteiger partial charge in [-0.05, 0) is 54.0 Å². The summed E-state index contributed by atoms with van der Waals surface area (Å²) in [5.41, 5.74) is 0. The molecular formula is C14H21BrCl2N2O2. The van der Waals surface area contributed by atoms with E-state index in [2.05, 4.69) is 33.5 Å². The van der Waals surface area contributed by atoms with E-state index in [0.29, 0.717) is 17.3 Å². The number of halogens is 3. The molecule has 1 atom stereocenters. The largest absolute Gasteiger partial charge is 0.480 e. The molecule has 1 aromatic rings. The lowest BCUT2D eigenvalue weighted by Crippen LogP contribution is -2.39. The lowest BCUT2D eigenvalue weighted by molar-refractivity contribution is -0.127. The fourth-order valence-corrected chi connectivity index (χ4v) is 2.31. The van der Waals surface area contributed by atoms with Crippen molar-refractivity contribution in [2.75, 3.05) is 19.6 Å². The molecule has 1 rings (SSSR count). The Kier molecular flexibility index (Phi) is 10.9. The van der Waals surface area contributed by atoms with Crippen LogP contribution < -0.4 is 15.4 Å². The molecule has 0 radical (unpaired) electrons. The minimum absolute atomic E-state index is 0. The fraction of sp³-hybridized carbons (Fsp3) is 0.500. The van der Waals surface area contributed by atoms with E-state index in [1.165, 1.54) is 0 Å². The predicted octanol–water partition coefficient (Wildman–Crippen LogP) is 3.41. The summed E-state index contributed by atoms with van der Waals surface area (Å²) in [5, 5.41) is 6.66. The maximum Gasteiger partial charge on any atom is 0.260 e. The number of hydrogen-bond acceptors (Lipinski definition) is 3. The molecule has 2 N–H and O–H groups in total. The summed E-state index contributed by atoms with van der Waals surface area (Å²) < 4.78 is 6.33. The van der Waals surface area contributed by atoms with Crippen molar-refractivity contribution in [1.29, 1.82) is 0 Å². The molecule has 7 heteroatoms. The molecule has 0 bridgehead atoms. The van der Waals surface area contributed by atoms with Gasteiger partial charge in [0.1, 0.15) is 5.75 Å². The maximum atomic E-state index is 11.9. The third-order valence-corrected chi connectivity index (χ3v) is 3.45. The van der Waals surface area contributed by atoms with Crippen molar-refractivity contribution < 1.29 is 9.53 Å².